The molecule has 3 aromatic rings. The molecule has 0 bridgehead atoms. The predicted molar refractivity (Wildman–Crippen MR) is 67.0 cm³/mol. The Morgan fingerprint density at radius 1 is 1.22 bits per heavy atom. The molecule has 0 spiro atoms. The highest BCUT2D eigenvalue weighted by Crippen LogP contribution is 2.19. The number of rotatable bonds is 2. The van der Waals surface area contributed by atoms with E-state index >= 15 is 0 Å². The maximum absolute atomic E-state index is 9.15. The second-order valence-corrected chi connectivity index (χ2v) is 3.87. The van der Waals surface area contributed by atoms with Gasteiger partial charge in [0.05, 0.1) is 6.61 Å². The van der Waals surface area contributed by atoms with Crippen LogP contribution in [0.4, 0.5) is 5.82 Å². The standard InChI is InChI=1S/C12H11N5O/c13-11-10-12(15-6-14-11)17(7-16-10)9-3-1-2-8(4-9)5-18/h1-4,6-7,18H,5H2,(H2,13,14,15). The number of hydrogen-bond acceptors (Lipinski definition) is 5. The van der Waals surface area contributed by atoms with E-state index in [2.05, 4.69) is 15.0 Å². The predicted octanol–water partition coefficient (Wildman–Crippen LogP) is 0.890. The summed E-state index contributed by atoms with van der Waals surface area (Å²) in [6.07, 6.45) is 3.05. The SMILES string of the molecule is Nc1ncnc2c1ncn2-c1cccc(CO)c1. The fourth-order valence-electron chi connectivity index (χ4n) is 1.85. The van der Waals surface area contributed by atoms with Gasteiger partial charge in [0.15, 0.2) is 17.0 Å². The maximum atomic E-state index is 9.15. The van der Waals surface area contributed by atoms with Gasteiger partial charge in [-0.2, -0.15) is 0 Å². The third kappa shape index (κ3) is 1.59. The minimum atomic E-state index is -0.00239. The number of aliphatic hydroxyl groups is 1. The normalized spacial score (nSPS) is 10.9. The molecule has 0 fully saturated rings. The average molecular weight is 241 g/mol. The summed E-state index contributed by atoms with van der Waals surface area (Å²) in [5, 5.41) is 9.15. The largest absolute Gasteiger partial charge is 0.392 e. The zero-order chi connectivity index (χ0) is 12.5. The Morgan fingerprint density at radius 3 is 2.94 bits per heavy atom. The number of hydrogen-bond donors (Lipinski definition) is 2. The van der Waals surface area contributed by atoms with Crippen molar-refractivity contribution in [3.8, 4) is 5.69 Å². The van der Waals surface area contributed by atoms with Crippen LogP contribution < -0.4 is 5.73 Å². The highest BCUT2D eigenvalue weighted by atomic mass is 16.3. The van der Waals surface area contributed by atoms with Crippen molar-refractivity contribution in [3.05, 3.63) is 42.5 Å². The first-order valence-electron chi connectivity index (χ1n) is 5.43. The zero-order valence-corrected chi connectivity index (χ0v) is 9.48. The lowest BCUT2D eigenvalue weighted by molar-refractivity contribution is 0.282. The minimum absolute atomic E-state index is 0.00239. The first kappa shape index (κ1) is 10.7. The summed E-state index contributed by atoms with van der Waals surface area (Å²) in [5.74, 6) is 0.358. The van der Waals surface area contributed by atoms with Crippen molar-refractivity contribution in [1.29, 1.82) is 0 Å². The Kier molecular flexibility index (Phi) is 2.42. The van der Waals surface area contributed by atoms with E-state index in [4.69, 9.17) is 10.8 Å². The molecule has 0 unspecified atom stereocenters. The number of aromatic nitrogens is 4. The molecule has 0 radical (unpaired) electrons. The Morgan fingerprint density at radius 2 is 2.11 bits per heavy atom. The quantitative estimate of drug-likeness (QED) is 0.695. The summed E-state index contributed by atoms with van der Waals surface area (Å²) in [6, 6.07) is 7.52. The molecular formula is C12H11N5O. The molecule has 0 aliphatic carbocycles. The molecule has 90 valence electrons. The number of nitrogens with two attached hydrogens (primary N) is 1. The number of nitrogen functional groups attached to an aromatic ring is 1. The lowest BCUT2D eigenvalue weighted by atomic mass is 10.2. The summed E-state index contributed by atoms with van der Waals surface area (Å²) in [6.45, 7) is -0.00239. The van der Waals surface area contributed by atoms with Gasteiger partial charge in [-0.3, -0.25) is 4.57 Å². The molecule has 0 aliphatic rings. The lowest BCUT2D eigenvalue weighted by Gasteiger charge is -2.05. The second-order valence-electron chi connectivity index (χ2n) is 3.87. The van der Waals surface area contributed by atoms with Crippen LogP contribution in [0.1, 0.15) is 5.56 Å². The Hall–Kier alpha value is -2.47. The molecule has 0 saturated carbocycles. The number of aliphatic hydroxyl groups excluding tert-OH is 1. The number of fused-ring (bicyclic) bond motifs is 1. The summed E-state index contributed by atoms with van der Waals surface area (Å²) in [4.78, 5) is 12.3. The van der Waals surface area contributed by atoms with E-state index < -0.39 is 0 Å². The Bertz CT molecular complexity index is 707. The van der Waals surface area contributed by atoms with E-state index in [-0.39, 0.29) is 6.61 Å². The molecule has 2 aromatic heterocycles. The molecule has 3 N–H and O–H groups in total. The van der Waals surface area contributed by atoms with Crippen molar-refractivity contribution in [3.63, 3.8) is 0 Å². The van der Waals surface area contributed by atoms with Gasteiger partial charge in [0.25, 0.3) is 0 Å². The molecule has 6 heteroatoms. The van der Waals surface area contributed by atoms with E-state index in [9.17, 15) is 0 Å². The first-order valence-corrected chi connectivity index (χ1v) is 5.43. The Labute approximate surface area is 103 Å². The number of benzene rings is 1. The van der Waals surface area contributed by atoms with Crippen LogP contribution in [0.25, 0.3) is 16.9 Å². The van der Waals surface area contributed by atoms with Crippen LogP contribution in [0.15, 0.2) is 36.9 Å². The van der Waals surface area contributed by atoms with Crippen molar-refractivity contribution in [1.82, 2.24) is 19.5 Å². The monoisotopic (exact) mass is 241 g/mol. The van der Waals surface area contributed by atoms with E-state index in [0.717, 1.165) is 11.3 Å². The average Bonchev–Trinajstić information content (AvgIpc) is 2.84. The van der Waals surface area contributed by atoms with Crippen molar-refractivity contribution >= 4 is 17.0 Å². The summed E-state index contributed by atoms with van der Waals surface area (Å²) in [5.41, 5.74) is 8.67. The zero-order valence-electron chi connectivity index (χ0n) is 9.48. The molecule has 6 nitrogen and oxygen atoms in total. The van der Waals surface area contributed by atoms with E-state index in [1.54, 1.807) is 6.33 Å². The van der Waals surface area contributed by atoms with Gasteiger partial charge in [0.2, 0.25) is 0 Å². The van der Waals surface area contributed by atoms with Crippen molar-refractivity contribution in [2.75, 3.05) is 5.73 Å². The number of imidazole rings is 1. The van der Waals surface area contributed by atoms with E-state index in [1.165, 1.54) is 6.33 Å². The summed E-state index contributed by atoms with van der Waals surface area (Å²) < 4.78 is 1.81. The summed E-state index contributed by atoms with van der Waals surface area (Å²) >= 11 is 0. The number of nitrogens with zero attached hydrogens (tertiary/aromatic N) is 4. The molecule has 18 heavy (non-hydrogen) atoms. The molecule has 2 heterocycles. The third-order valence-electron chi connectivity index (χ3n) is 2.73. The maximum Gasteiger partial charge on any atom is 0.170 e. The van der Waals surface area contributed by atoms with Gasteiger partial charge in [-0.15, -0.1) is 0 Å². The van der Waals surface area contributed by atoms with Crippen LogP contribution in [0.2, 0.25) is 0 Å². The molecule has 0 amide bonds. The fourth-order valence-corrected chi connectivity index (χ4v) is 1.85. The van der Waals surface area contributed by atoms with Crippen LogP contribution >= 0.6 is 0 Å². The van der Waals surface area contributed by atoms with Crippen molar-refractivity contribution in [2.24, 2.45) is 0 Å². The smallest absolute Gasteiger partial charge is 0.170 e. The minimum Gasteiger partial charge on any atom is -0.392 e. The molecule has 0 atom stereocenters. The van der Waals surface area contributed by atoms with Gasteiger partial charge >= 0.3 is 0 Å². The molecule has 1 aromatic carbocycles. The van der Waals surface area contributed by atoms with Gasteiger partial charge < -0.3 is 10.8 Å². The Balaban J connectivity index is 2.22. The highest BCUT2D eigenvalue weighted by molar-refractivity contribution is 5.82. The van der Waals surface area contributed by atoms with Crippen LogP contribution in [-0.2, 0) is 6.61 Å². The van der Waals surface area contributed by atoms with Gasteiger partial charge in [0, 0.05) is 5.69 Å². The van der Waals surface area contributed by atoms with Crippen LogP contribution in [0.5, 0.6) is 0 Å². The van der Waals surface area contributed by atoms with E-state index in [0.29, 0.717) is 17.0 Å². The molecule has 0 saturated heterocycles. The molecule has 0 aliphatic heterocycles. The van der Waals surface area contributed by atoms with Gasteiger partial charge in [-0.1, -0.05) is 12.1 Å². The van der Waals surface area contributed by atoms with Gasteiger partial charge in [0.1, 0.15) is 12.7 Å². The summed E-state index contributed by atoms with van der Waals surface area (Å²) in [7, 11) is 0. The molecule has 3 rings (SSSR count). The third-order valence-corrected chi connectivity index (χ3v) is 2.73. The first-order chi connectivity index (χ1) is 8.79. The highest BCUT2D eigenvalue weighted by Gasteiger charge is 2.09. The van der Waals surface area contributed by atoms with Crippen LogP contribution in [0.3, 0.4) is 0 Å². The second kappa shape index (κ2) is 4.08. The van der Waals surface area contributed by atoms with Gasteiger partial charge in [-0.05, 0) is 17.7 Å². The van der Waals surface area contributed by atoms with E-state index in [1.807, 2.05) is 28.8 Å². The topological polar surface area (TPSA) is 89.9 Å². The van der Waals surface area contributed by atoms with Crippen molar-refractivity contribution < 1.29 is 5.11 Å². The number of anilines is 1. The fraction of sp³-hybridized carbons (Fsp3) is 0.0833. The molecular weight excluding hydrogens is 230 g/mol. The van der Waals surface area contributed by atoms with Crippen LogP contribution in [-0.4, -0.2) is 24.6 Å². The van der Waals surface area contributed by atoms with Crippen LogP contribution in [0, 0.1) is 0 Å². The lowest BCUT2D eigenvalue weighted by Crippen LogP contribution is -1.97. The van der Waals surface area contributed by atoms with Gasteiger partial charge in [-0.25, -0.2) is 15.0 Å². The van der Waals surface area contributed by atoms with Crippen molar-refractivity contribution in [2.45, 2.75) is 6.61 Å².